The average Bonchev–Trinajstić information content (AvgIpc) is 0.842. The maximum Gasteiger partial charge on any atom is 0.181 e. The minimum Gasteiger partial charge on any atom is -0.394 e. The van der Waals surface area contributed by atoms with Gasteiger partial charge in [-0.05, 0) is 115 Å². The third-order valence-corrected chi connectivity index (χ3v) is 24.6. The summed E-state index contributed by atoms with van der Waals surface area (Å²) in [6, 6.07) is 13.9. The molecule has 2 aromatic rings. The van der Waals surface area contributed by atoms with Gasteiger partial charge in [-0.3, -0.25) is 29.0 Å². The fourth-order valence-electron chi connectivity index (χ4n) is 16.1. The van der Waals surface area contributed by atoms with Crippen LogP contribution < -0.4 is 5.73 Å². The summed E-state index contributed by atoms with van der Waals surface area (Å²) >= 11 is 0. The Morgan fingerprint density at radius 1 is 0.311 bits per heavy atom. The Labute approximate surface area is 773 Å². The first-order chi connectivity index (χ1) is 62.7. The van der Waals surface area contributed by atoms with E-state index in [1.54, 1.807) is 31.3 Å². The van der Waals surface area contributed by atoms with Crippen molar-refractivity contribution in [2.75, 3.05) is 39.6 Å². The number of rotatable bonds is 49. The van der Waals surface area contributed by atoms with E-state index in [0.29, 0.717) is 128 Å². The van der Waals surface area contributed by atoms with Gasteiger partial charge in [0, 0.05) is 57.1 Å². The molecule has 1 aromatic carbocycles. The van der Waals surface area contributed by atoms with Crippen molar-refractivity contribution in [1.82, 2.24) is 4.98 Å². The fraction of sp³-hybridized carbons (Fsp3) is 0.817. The number of unbranched alkanes of at least 4 members (excludes halogenated alkanes) is 12. The summed E-state index contributed by atoms with van der Waals surface area (Å²) in [4.78, 5) is 72.9. The topological polar surface area (TPSA) is 702 Å². The molecule has 0 aliphatic carbocycles. The predicted molar refractivity (Wildman–Crippen MR) is 475 cm³/mol. The number of pyridine rings is 1. The van der Waals surface area contributed by atoms with Crippen molar-refractivity contribution in [2.45, 2.75) is 435 Å². The summed E-state index contributed by atoms with van der Waals surface area (Å²) in [5.74, 6) is 0.562. The number of aliphatic hydroxyl groups is 25. The van der Waals surface area contributed by atoms with Crippen LogP contribution in [0.2, 0.25) is 0 Å². The molecule has 1 aromatic heterocycles. The summed E-state index contributed by atoms with van der Waals surface area (Å²) in [6.07, 6.45) is -10.1. The molecule has 39 nitrogen and oxygen atoms in total. The first-order valence-electron chi connectivity index (χ1n) is 47.1. The zero-order chi connectivity index (χ0) is 98.9. The lowest BCUT2D eigenvalue weighted by Crippen LogP contribution is -2.58. The van der Waals surface area contributed by atoms with Gasteiger partial charge in [-0.15, -0.1) is 0 Å². The van der Waals surface area contributed by atoms with Gasteiger partial charge in [0.25, 0.3) is 0 Å². The first-order valence-corrected chi connectivity index (χ1v) is 47.1. The molecule has 32 atom stereocenters. The minimum atomic E-state index is -1.34. The summed E-state index contributed by atoms with van der Waals surface area (Å²) in [6.45, 7) is 6.29. The Balaban J connectivity index is 0.000000409. The molecule has 32 unspecified atom stereocenters. The number of aliphatic hydroxyl groups excluding tert-OH is 25. The molecular weight excluding hydrogens is 1740 g/mol. The monoisotopic (exact) mass is 1900 g/mol. The highest BCUT2D eigenvalue weighted by Gasteiger charge is 2.49. The largest absolute Gasteiger partial charge is 0.394 e. The van der Waals surface area contributed by atoms with Crippen molar-refractivity contribution in [2.24, 2.45) is 11.7 Å². The summed E-state index contributed by atoms with van der Waals surface area (Å²) in [5, 5.41) is 239. The van der Waals surface area contributed by atoms with E-state index in [0.717, 1.165) is 89.0 Å². The van der Waals surface area contributed by atoms with Crippen LogP contribution in [-0.2, 0) is 52.4 Å². The van der Waals surface area contributed by atoms with E-state index in [-0.39, 0.29) is 40.6 Å². The summed E-state index contributed by atoms with van der Waals surface area (Å²) in [7, 11) is 0. The van der Waals surface area contributed by atoms with Crippen LogP contribution in [0.25, 0.3) is 0 Å². The Bertz CT molecular complexity index is 3330. The molecule has 7 heterocycles. The lowest BCUT2D eigenvalue weighted by Gasteiger charge is -2.40. The normalized spacial score (nSPS) is 32.6. The summed E-state index contributed by atoms with van der Waals surface area (Å²) < 4.78 is 32.5. The second-order valence-corrected chi connectivity index (χ2v) is 35.5. The minimum absolute atomic E-state index is 0.00319. The van der Waals surface area contributed by atoms with Crippen LogP contribution in [0.3, 0.4) is 0 Å². The number of Topliss-reactive ketones (excluding diaryl/α,β-unsaturated/α-hetero) is 6. The van der Waals surface area contributed by atoms with Gasteiger partial charge in [0.1, 0.15) is 176 Å². The summed E-state index contributed by atoms with van der Waals surface area (Å²) in [5.41, 5.74) is 7.24. The molecular formula is C93H160N2O37. The van der Waals surface area contributed by atoms with Crippen LogP contribution in [0, 0.1) is 5.92 Å². The lowest BCUT2D eigenvalue weighted by atomic mass is 9.92. The maximum atomic E-state index is 12.1. The number of ketones is 6. The molecule has 132 heavy (non-hydrogen) atoms. The molecule has 6 saturated heterocycles. The number of aromatic nitrogens is 1. The molecule has 8 rings (SSSR count). The zero-order valence-corrected chi connectivity index (χ0v) is 77.2. The van der Waals surface area contributed by atoms with Gasteiger partial charge in [0.15, 0.2) is 17.3 Å². The van der Waals surface area contributed by atoms with E-state index in [2.05, 4.69) is 4.98 Å². The fourth-order valence-corrected chi connectivity index (χ4v) is 16.1. The molecule has 27 N–H and O–H groups in total. The van der Waals surface area contributed by atoms with Crippen molar-refractivity contribution >= 4 is 34.7 Å². The Hall–Kier alpha value is -4.89. The highest BCUT2D eigenvalue weighted by atomic mass is 16.6. The highest BCUT2D eigenvalue weighted by Crippen LogP contribution is 2.32. The maximum absolute atomic E-state index is 12.1. The Morgan fingerprint density at radius 2 is 0.568 bits per heavy atom. The van der Waals surface area contributed by atoms with Crippen LogP contribution >= 0.6 is 0 Å². The number of nitrogens with two attached hydrogens (primary N) is 1. The highest BCUT2D eigenvalue weighted by molar-refractivity contribution is 5.94. The second-order valence-electron chi connectivity index (χ2n) is 35.5. The van der Waals surface area contributed by atoms with Gasteiger partial charge in [-0.1, -0.05) is 134 Å². The van der Waals surface area contributed by atoms with Crippen LogP contribution in [0.15, 0.2) is 54.7 Å². The van der Waals surface area contributed by atoms with Gasteiger partial charge >= 0.3 is 0 Å². The number of carbonyl (C=O) groups is 6. The number of hydrogen-bond donors (Lipinski definition) is 26. The lowest BCUT2D eigenvalue weighted by molar-refractivity contribution is -0.230. The Kier molecular flexibility index (Phi) is 61.2. The average molecular weight is 1900 g/mol. The van der Waals surface area contributed by atoms with E-state index in [4.69, 9.17) is 64.8 Å². The number of ether oxygens (including phenoxy) is 6. The van der Waals surface area contributed by atoms with E-state index < -0.39 is 235 Å². The molecule has 0 spiro atoms. The van der Waals surface area contributed by atoms with Crippen LogP contribution in [-0.4, -0.2) is 396 Å². The van der Waals surface area contributed by atoms with Crippen LogP contribution in [0.4, 0.5) is 0 Å². The van der Waals surface area contributed by atoms with E-state index in [1.165, 1.54) is 6.92 Å². The zero-order valence-electron chi connectivity index (χ0n) is 77.2. The number of benzene rings is 1. The molecule has 764 valence electrons. The second kappa shape index (κ2) is 66.6. The molecule has 6 aliphatic heterocycles. The molecule has 0 bridgehead atoms. The van der Waals surface area contributed by atoms with Gasteiger partial charge in [-0.25, -0.2) is 0 Å². The van der Waals surface area contributed by atoms with Gasteiger partial charge in [0.05, 0.1) is 82.3 Å². The molecule has 0 saturated carbocycles. The van der Waals surface area contributed by atoms with Crippen molar-refractivity contribution in [1.29, 1.82) is 0 Å². The van der Waals surface area contributed by atoms with Crippen molar-refractivity contribution in [3.05, 3.63) is 66.0 Å². The Morgan fingerprint density at radius 3 is 0.826 bits per heavy atom. The third-order valence-electron chi connectivity index (χ3n) is 24.6. The predicted octanol–water partition coefficient (Wildman–Crippen LogP) is -1.64. The van der Waals surface area contributed by atoms with Crippen LogP contribution in [0.5, 0.6) is 0 Å². The number of nitrogens with zero attached hydrogens (tertiary/aromatic N) is 1. The van der Waals surface area contributed by atoms with Crippen LogP contribution in [0.1, 0.15) is 262 Å². The molecule has 39 heteroatoms. The molecule has 0 amide bonds. The van der Waals surface area contributed by atoms with E-state index in [1.807, 2.05) is 51.1 Å². The smallest absolute Gasteiger partial charge is 0.181 e. The van der Waals surface area contributed by atoms with Gasteiger partial charge in [0.2, 0.25) is 0 Å². The molecule has 0 radical (unpaired) electrons. The van der Waals surface area contributed by atoms with Crippen molar-refractivity contribution in [3.8, 4) is 0 Å². The van der Waals surface area contributed by atoms with Gasteiger partial charge in [-0.2, -0.15) is 0 Å². The quantitative estimate of drug-likeness (QED) is 0.0261. The first kappa shape index (κ1) is 121. The van der Waals surface area contributed by atoms with Crippen molar-refractivity contribution in [3.63, 3.8) is 0 Å². The molecule has 6 aliphatic rings. The number of hydrogen-bond acceptors (Lipinski definition) is 39. The van der Waals surface area contributed by atoms with E-state index in [9.17, 15) is 126 Å². The standard InChI is InChI=1S/C19H29NO6.C17H25NO6.2C15H28O6.C14H26O7.C13H24O6/c20-16(12-7-3-1-4-8-12)13(22)9-5-2-6-10-14-17(23)19(25)18(24)15(11-21)26-14;19-10-14-16(22)17(23)15(21)13(24-14)8-3-1-2-7-12(20)11-6-4-5-9-18-11;1-9(2)10(17)6-4-3-5-7-11-13(18)15(20)14(19)12(8-16)21-11;1-2-6-10(17)7-4-3-5-8-11-13(18)15(20)14(19)12(9-16)21-11;1-8(16)9(17)5-3-2-4-6-10-12(18)14(20)13(19)11(7-15)21-10;1-8(15)5-3-2-4-6-9-11(16)13(18)12(17)10(7-14)19-9/h1,3-4,7-8,14-19,21,23-25H,2,5-6,9-11,20H2;4-6,9,13-17,19,21-23H,1-3,7-8,10H2;9,11-16,18-20H,3-8H2,1-2H3;11-16,18-20H,2-9H2,1H3;8,10-16,18-20H,2-7H2,1H3;9-14,16-18H,2-7H2,1H3. The molecule has 6 fully saturated rings. The van der Waals surface area contributed by atoms with Crippen molar-refractivity contribution < 1.29 is 185 Å². The third kappa shape index (κ3) is 42.0. The van der Waals surface area contributed by atoms with Gasteiger partial charge < -0.3 is 167 Å². The van der Waals surface area contributed by atoms with E-state index >= 15 is 0 Å². The number of carbonyl (C=O) groups excluding carboxylic acids is 6. The SMILES string of the molecule is CC(=O)CCCCCC1OC(CO)C(O)C(O)C1O.CC(C)C(=O)CCCCCC1OC(CO)C(O)C(O)C1O.CC(O)C(=O)CCCCCC1OC(CO)C(O)C(O)C1O.CCCC(=O)CCCCCC1OC(CO)C(O)C(O)C1O.NC(C(=O)CCCCCC1OC(CO)C(O)C(O)C1O)c1ccccc1.O=C(CCCCCC1OC(CO)C(O)C(O)C1O)c1ccccn1.